The summed E-state index contributed by atoms with van der Waals surface area (Å²) >= 11 is 11.8. The van der Waals surface area contributed by atoms with Gasteiger partial charge in [-0.15, -0.1) is 0 Å². The van der Waals surface area contributed by atoms with Crippen molar-refractivity contribution in [2.24, 2.45) is 0 Å². The van der Waals surface area contributed by atoms with E-state index in [4.69, 9.17) is 42.1 Å². The topological polar surface area (TPSA) is 71.1 Å². The molecule has 2 aromatic carbocycles. The van der Waals surface area contributed by atoms with Gasteiger partial charge in [-0.1, -0.05) is 23.2 Å². The first kappa shape index (κ1) is 22.8. The van der Waals surface area contributed by atoms with Crippen molar-refractivity contribution in [3.8, 4) is 11.5 Å². The number of halogens is 2. The number of benzene rings is 2. The number of hydrogen-bond acceptors (Lipinski definition) is 6. The zero-order chi connectivity index (χ0) is 21.6. The molecule has 0 saturated heterocycles. The Hall–Kier alpha value is -2.44. The third kappa shape index (κ3) is 6.27. The van der Waals surface area contributed by atoms with Gasteiger partial charge in [-0.2, -0.15) is 0 Å². The summed E-state index contributed by atoms with van der Waals surface area (Å²) in [4.78, 5) is 26.0. The monoisotopic (exact) mass is 440 g/mol. The number of hydrogen-bond donors (Lipinski definition) is 0. The van der Waals surface area contributed by atoms with E-state index in [-0.39, 0.29) is 11.5 Å². The van der Waals surface area contributed by atoms with Gasteiger partial charge in [0.2, 0.25) is 0 Å². The number of ether oxygens (including phenoxy) is 4. The maximum Gasteiger partial charge on any atom is 0.453 e. The van der Waals surface area contributed by atoms with E-state index < -0.39 is 29.9 Å². The summed E-state index contributed by atoms with van der Waals surface area (Å²) in [5, 5.41) is 0.909. The van der Waals surface area contributed by atoms with Crippen LogP contribution in [0.3, 0.4) is 0 Å². The molecule has 0 N–H and O–H groups in total. The van der Waals surface area contributed by atoms with Crippen LogP contribution in [-0.2, 0) is 19.1 Å². The van der Waals surface area contributed by atoms with Gasteiger partial charge >= 0.3 is 17.7 Å². The van der Waals surface area contributed by atoms with E-state index in [1.165, 1.54) is 24.3 Å². The SMILES string of the molecule is CC(C)OC(=O)C(Oc1ccc(Cl)cc1)(Oc1ccc(Cl)cc1)C(=O)OC(C)C. The fourth-order valence-corrected chi connectivity index (χ4v) is 2.44. The highest BCUT2D eigenvalue weighted by Crippen LogP contribution is 2.28. The average Bonchev–Trinajstić information content (AvgIpc) is 2.63. The lowest BCUT2D eigenvalue weighted by Gasteiger charge is -2.31. The quantitative estimate of drug-likeness (QED) is 0.324. The van der Waals surface area contributed by atoms with Crippen LogP contribution in [0.1, 0.15) is 27.7 Å². The molecule has 29 heavy (non-hydrogen) atoms. The Morgan fingerprint density at radius 3 is 1.28 bits per heavy atom. The van der Waals surface area contributed by atoms with Crippen LogP contribution in [0.15, 0.2) is 48.5 Å². The van der Waals surface area contributed by atoms with Gasteiger partial charge in [0.1, 0.15) is 11.5 Å². The number of carbonyl (C=O) groups is 2. The zero-order valence-corrected chi connectivity index (χ0v) is 18.0. The summed E-state index contributed by atoms with van der Waals surface area (Å²) in [5.41, 5.74) is 0. The molecule has 0 aromatic heterocycles. The molecule has 0 unspecified atom stereocenters. The summed E-state index contributed by atoms with van der Waals surface area (Å²) in [6.45, 7) is 6.56. The maximum atomic E-state index is 13.0. The van der Waals surface area contributed by atoms with Gasteiger partial charge in [-0.05, 0) is 76.2 Å². The standard InChI is InChI=1S/C21H22Cl2O6/c1-13(2)26-19(24)21(20(25)27-14(3)4,28-17-9-5-15(22)6-10-17)29-18-11-7-16(23)8-12-18/h5-14H,1-4H3. The second-order valence-electron chi connectivity index (χ2n) is 6.64. The van der Waals surface area contributed by atoms with Crippen LogP contribution in [-0.4, -0.2) is 29.9 Å². The molecule has 0 heterocycles. The van der Waals surface area contributed by atoms with Crippen LogP contribution in [0.25, 0.3) is 0 Å². The van der Waals surface area contributed by atoms with E-state index in [0.717, 1.165) is 0 Å². The van der Waals surface area contributed by atoms with Gasteiger partial charge < -0.3 is 18.9 Å². The molecule has 0 bridgehead atoms. The van der Waals surface area contributed by atoms with Crippen molar-refractivity contribution in [1.29, 1.82) is 0 Å². The fourth-order valence-electron chi connectivity index (χ4n) is 2.19. The minimum Gasteiger partial charge on any atom is -0.457 e. The van der Waals surface area contributed by atoms with Crippen molar-refractivity contribution in [3.63, 3.8) is 0 Å². The lowest BCUT2D eigenvalue weighted by atomic mass is 10.2. The largest absolute Gasteiger partial charge is 0.457 e. The second kappa shape index (κ2) is 9.85. The van der Waals surface area contributed by atoms with E-state index in [1.807, 2.05) is 0 Å². The van der Waals surface area contributed by atoms with Crippen LogP contribution in [0.4, 0.5) is 0 Å². The average molecular weight is 441 g/mol. The summed E-state index contributed by atoms with van der Waals surface area (Å²) in [5.74, 6) is -4.32. The Labute approximate surface area is 179 Å². The molecule has 2 aromatic rings. The van der Waals surface area contributed by atoms with E-state index >= 15 is 0 Å². The minimum absolute atomic E-state index is 0.157. The minimum atomic E-state index is -2.53. The number of esters is 2. The van der Waals surface area contributed by atoms with Gasteiger partial charge in [0.05, 0.1) is 12.2 Å². The Morgan fingerprint density at radius 1 is 0.690 bits per heavy atom. The summed E-state index contributed by atoms with van der Waals surface area (Å²) in [6.07, 6.45) is -1.06. The molecule has 0 amide bonds. The predicted octanol–water partition coefficient (Wildman–Crippen LogP) is 5.05. The summed E-state index contributed by atoms with van der Waals surface area (Å²) < 4.78 is 22.0. The molecule has 0 atom stereocenters. The highest BCUT2D eigenvalue weighted by atomic mass is 35.5. The Morgan fingerprint density at radius 2 is 1.00 bits per heavy atom. The summed E-state index contributed by atoms with van der Waals surface area (Å²) in [7, 11) is 0. The van der Waals surface area contributed by atoms with Crippen molar-refractivity contribution in [3.05, 3.63) is 58.6 Å². The van der Waals surface area contributed by atoms with Crippen LogP contribution in [0.2, 0.25) is 10.0 Å². The molecule has 0 aliphatic carbocycles. The predicted molar refractivity (Wildman–Crippen MR) is 109 cm³/mol. The van der Waals surface area contributed by atoms with Crippen LogP contribution in [0.5, 0.6) is 11.5 Å². The van der Waals surface area contributed by atoms with Crippen molar-refractivity contribution in [1.82, 2.24) is 0 Å². The highest BCUT2D eigenvalue weighted by Gasteiger charge is 2.56. The molecule has 0 saturated carbocycles. The van der Waals surface area contributed by atoms with Crippen molar-refractivity contribution in [2.75, 3.05) is 0 Å². The van der Waals surface area contributed by atoms with Gasteiger partial charge in [0, 0.05) is 10.0 Å². The van der Waals surface area contributed by atoms with Gasteiger partial charge in [-0.25, -0.2) is 9.59 Å². The molecule has 0 aliphatic rings. The molecular formula is C21H22Cl2O6. The number of rotatable bonds is 8. The molecule has 6 nitrogen and oxygen atoms in total. The Bertz CT molecular complexity index is 760. The smallest absolute Gasteiger partial charge is 0.453 e. The summed E-state index contributed by atoms with van der Waals surface area (Å²) in [6, 6.07) is 12.2. The molecule has 156 valence electrons. The molecule has 0 spiro atoms. The van der Waals surface area contributed by atoms with Crippen LogP contribution in [0, 0.1) is 0 Å². The van der Waals surface area contributed by atoms with Gasteiger partial charge in [-0.3, -0.25) is 0 Å². The van der Waals surface area contributed by atoms with Gasteiger partial charge in [0.25, 0.3) is 0 Å². The van der Waals surface area contributed by atoms with Crippen molar-refractivity contribution in [2.45, 2.75) is 45.7 Å². The molecule has 0 radical (unpaired) electrons. The van der Waals surface area contributed by atoms with E-state index in [2.05, 4.69) is 0 Å². The first-order valence-corrected chi connectivity index (χ1v) is 9.69. The van der Waals surface area contributed by atoms with Crippen LogP contribution >= 0.6 is 23.2 Å². The first-order valence-electron chi connectivity index (χ1n) is 8.93. The molecule has 0 aliphatic heterocycles. The Kier molecular flexibility index (Phi) is 7.76. The zero-order valence-electron chi connectivity index (χ0n) is 16.5. The van der Waals surface area contributed by atoms with Crippen molar-refractivity contribution < 1.29 is 28.5 Å². The normalized spacial score (nSPS) is 11.3. The van der Waals surface area contributed by atoms with Crippen molar-refractivity contribution >= 4 is 35.1 Å². The van der Waals surface area contributed by atoms with E-state index in [0.29, 0.717) is 10.0 Å². The number of carbonyl (C=O) groups excluding carboxylic acids is 2. The lowest BCUT2D eigenvalue weighted by molar-refractivity contribution is -0.214. The van der Waals surface area contributed by atoms with Gasteiger partial charge in [0.15, 0.2) is 0 Å². The molecule has 2 rings (SSSR count). The highest BCUT2D eigenvalue weighted by molar-refractivity contribution is 6.30. The second-order valence-corrected chi connectivity index (χ2v) is 7.51. The maximum absolute atomic E-state index is 13.0. The van der Waals surface area contributed by atoms with Crippen LogP contribution < -0.4 is 9.47 Å². The lowest BCUT2D eigenvalue weighted by Crippen LogP contribution is -2.59. The molecular weight excluding hydrogens is 419 g/mol. The first-order chi connectivity index (χ1) is 13.6. The Balaban J connectivity index is 2.54. The third-order valence-electron chi connectivity index (χ3n) is 3.37. The fraction of sp³-hybridized carbons (Fsp3) is 0.333. The third-order valence-corrected chi connectivity index (χ3v) is 3.88. The van der Waals surface area contributed by atoms with E-state index in [9.17, 15) is 9.59 Å². The molecule has 8 heteroatoms. The molecule has 0 fully saturated rings. The van der Waals surface area contributed by atoms with E-state index in [1.54, 1.807) is 52.0 Å².